The van der Waals surface area contributed by atoms with E-state index in [1.807, 2.05) is 19.9 Å². The second kappa shape index (κ2) is 6.90. The Hall–Kier alpha value is -2.30. The lowest BCUT2D eigenvalue weighted by Gasteiger charge is -2.38. The monoisotopic (exact) mass is 343 g/mol. The predicted molar refractivity (Wildman–Crippen MR) is 89.9 cm³/mol. The third-order valence-electron chi connectivity index (χ3n) is 4.65. The molecule has 0 amide bonds. The molecule has 1 atom stereocenters. The van der Waals surface area contributed by atoms with Crippen LogP contribution in [0.2, 0.25) is 0 Å². The number of β-amino-alcohol motifs (C(OH)–C–C–N with tert-alkyl or cyclic N) is 1. The molecule has 1 fully saturated rings. The van der Waals surface area contributed by atoms with Crippen LogP contribution in [-0.2, 0) is 12.1 Å². The van der Waals surface area contributed by atoms with Crippen LogP contribution in [0, 0.1) is 17.1 Å². The highest BCUT2D eigenvalue weighted by molar-refractivity contribution is 5.38. The first-order valence-corrected chi connectivity index (χ1v) is 8.47. The molecule has 1 unspecified atom stereocenters. The third kappa shape index (κ3) is 3.70. The van der Waals surface area contributed by atoms with Crippen molar-refractivity contribution in [3.63, 3.8) is 0 Å². The number of hydrogen-bond acceptors (Lipinski definition) is 5. The van der Waals surface area contributed by atoms with Gasteiger partial charge in [-0.1, -0.05) is 11.3 Å². The Morgan fingerprint density at radius 2 is 2.24 bits per heavy atom. The van der Waals surface area contributed by atoms with Crippen molar-refractivity contribution in [2.24, 2.45) is 0 Å². The Bertz CT molecular complexity index is 797. The summed E-state index contributed by atoms with van der Waals surface area (Å²) in [5, 5.41) is 28.5. The van der Waals surface area contributed by atoms with Crippen molar-refractivity contribution in [1.82, 2.24) is 19.9 Å². The zero-order chi connectivity index (χ0) is 18.0. The van der Waals surface area contributed by atoms with Crippen LogP contribution in [0.25, 0.3) is 0 Å². The van der Waals surface area contributed by atoms with Crippen molar-refractivity contribution in [1.29, 1.82) is 5.26 Å². The average molecular weight is 343 g/mol. The highest BCUT2D eigenvalue weighted by Crippen LogP contribution is 2.31. The number of rotatable bonds is 4. The van der Waals surface area contributed by atoms with E-state index in [9.17, 15) is 14.8 Å². The predicted octanol–water partition coefficient (Wildman–Crippen LogP) is 2.35. The van der Waals surface area contributed by atoms with E-state index in [4.69, 9.17) is 0 Å². The van der Waals surface area contributed by atoms with Gasteiger partial charge in [0.1, 0.15) is 17.1 Å². The number of benzene rings is 1. The summed E-state index contributed by atoms with van der Waals surface area (Å²) in [5.41, 5.74) is 0.613. The maximum absolute atomic E-state index is 13.3. The van der Waals surface area contributed by atoms with Crippen LogP contribution in [0.1, 0.15) is 49.6 Å². The molecule has 0 aliphatic carbocycles. The van der Waals surface area contributed by atoms with Crippen molar-refractivity contribution in [2.75, 3.05) is 13.1 Å². The number of halogens is 1. The molecule has 1 aromatic carbocycles. The molecule has 0 radical (unpaired) electrons. The first kappa shape index (κ1) is 17.5. The number of nitrogens with zero attached hydrogens (tertiary/aromatic N) is 5. The molecule has 25 heavy (non-hydrogen) atoms. The van der Waals surface area contributed by atoms with Crippen LogP contribution < -0.4 is 0 Å². The highest BCUT2D eigenvalue weighted by Gasteiger charge is 2.37. The van der Waals surface area contributed by atoms with E-state index in [1.165, 1.54) is 12.1 Å². The fourth-order valence-corrected chi connectivity index (χ4v) is 3.24. The van der Waals surface area contributed by atoms with E-state index < -0.39 is 11.4 Å². The fraction of sp³-hybridized carbons (Fsp3) is 0.500. The topological polar surface area (TPSA) is 78.0 Å². The van der Waals surface area contributed by atoms with Crippen LogP contribution in [0.15, 0.2) is 24.4 Å². The largest absolute Gasteiger partial charge is 0.382 e. The summed E-state index contributed by atoms with van der Waals surface area (Å²) in [5.74, 6) is -0.416. The van der Waals surface area contributed by atoms with Crippen molar-refractivity contribution < 1.29 is 9.50 Å². The summed E-state index contributed by atoms with van der Waals surface area (Å²) in [6.45, 7) is 5.72. The molecule has 0 bridgehead atoms. The lowest BCUT2D eigenvalue weighted by atomic mass is 9.89. The molecule has 1 N–H and O–H groups in total. The minimum Gasteiger partial charge on any atom is -0.382 e. The average Bonchev–Trinajstić information content (AvgIpc) is 3.08. The van der Waals surface area contributed by atoms with Crippen LogP contribution in [0.3, 0.4) is 0 Å². The highest BCUT2D eigenvalue weighted by atomic mass is 19.1. The molecule has 2 heterocycles. The lowest BCUT2D eigenvalue weighted by molar-refractivity contribution is -0.0414. The van der Waals surface area contributed by atoms with Crippen LogP contribution in [0.5, 0.6) is 0 Å². The van der Waals surface area contributed by atoms with Gasteiger partial charge in [-0.3, -0.25) is 4.90 Å². The number of nitriles is 1. The number of aromatic nitrogens is 3. The molecule has 7 heteroatoms. The van der Waals surface area contributed by atoms with Gasteiger partial charge in [-0.15, -0.1) is 5.10 Å². The van der Waals surface area contributed by atoms with Gasteiger partial charge in [0.15, 0.2) is 0 Å². The Morgan fingerprint density at radius 1 is 1.44 bits per heavy atom. The Balaban J connectivity index is 1.78. The molecular formula is C18H22FN5O. The van der Waals surface area contributed by atoms with E-state index in [2.05, 4.69) is 15.2 Å². The summed E-state index contributed by atoms with van der Waals surface area (Å²) < 4.78 is 15.0. The number of piperidine rings is 1. The quantitative estimate of drug-likeness (QED) is 0.922. The van der Waals surface area contributed by atoms with Gasteiger partial charge in [-0.25, -0.2) is 9.07 Å². The number of aliphatic hydroxyl groups is 1. The van der Waals surface area contributed by atoms with E-state index >= 15 is 0 Å². The second-order valence-electron chi connectivity index (χ2n) is 6.94. The molecule has 1 saturated heterocycles. The standard InChI is InChI=1S/C18H22FN5O/c1-13(2)24-11-17(21-22-24)18(25)6-3-7-23(12-18)10-14-4-5-16(19)8-15(14)9-20/h4-5,8,11,13,25H,3,6-7,10,12H2,1-2H3. The summed E-state index contributed by atoms with van der Waals surface area (Å²) in [6.07, 6.45) is 3.23. The SMILES string of the molecule is CC(C)n1cc(C2(O)CCCN(Cc3ccc(F)cc3C#N)C2)nn1. The summed E-state index contributed by atoms with van der Waals surface area (Å²) in [6, 6.07) is 6.47. The van der Waals surface area contributed by atoms with Gasteiger partial charge in [0.2, 0.25) is 0 Å². The smallest absolute Gasteiger partial charge is 0.124 e. The van der Waals surface area contributed by atoms with E-state index in [0.717, 1.165) is 18.5 Å². The van der Waals surface area contributed by atoms with Gasteiger partial charge in [0.25, 0.3) is 0 Å². The second-order valence-corrected chi connectivity index (χ2v) is 6.94. The van der Waals surface area contributed by atoms with Crippen LogP contribution in [0.4, 0.5) is 4.39 Å². The maximum atomic E-state index is 13.3. The Kier molecular flexibility index (Phi) is 4.84. The summed E-state index contributed by atoms with van der Waals surface area (Å²) >= 11 is 0. The molecule has 3 rings (SSSR count). The zero-order valence-electron chi connectivity index (χ0n) is 14.5. The molecule has 1 aliphatic heterocycles. The van der Waals surface area contributed by atoms with Gasteiger partial charge in [-0.05, 0) is 50.9 Å². The van der Waals surface area contributed by atoms with Crippen molar-refractivity contribution in [2.45, 2.75) is 44.9 Å². The normalized spacial score (nSPS) is 21.4. The number of hydrogen-bond donors (Lipinski definition) is 1. The minimum atomic E-state index is -1.06. The van der Waals surface area contributed by atoms with Gasteiger partial charge in [-0.2, -0.15) is 5.26 Å². The van der Waals surface area contributed by atoms with Gasteiger partial charge in [0, 0.05) is 19.1 Å². The summed E-state index contributed by atoms with van der Waals surface area (Å²) in [4.78, 5) is 2.08. The Labute approximate surface area is 146 Å². The molecular weight excluding hydrogens is 321 g/mol. The van der Waals surface area contributed by atoms with Crippen molar-refractivity contribution in [3.05, 3.63) is 47.0 Å². The van der Waals surface area contributed by atoms with E-state index in [0.29, 0.717) is 30.8 Å². The maximum Gasteiger partial charge on any atom is 0.124 e. The zero-order valence-corrected chi connectivity index (χ0v) is 14.5. The summed E-state index contributed by atoms with van der Waals surface area (Å²) in [7, 11) is 0. The Morgan fingerprint density at radius 3 is 2.92 bits per heavy atom. The molecule has 0 spiro atoms. The fourth-order valence-electron chi connectivity index (χ4n) is 3.24. The van der Waals surface area contributed by atoms with Crippen molar-refractivity contribution in [3.8, 4) is 6.07 Å². The molecule has 2 aromatic rings. The third-order valence-corrected chi connectivity index (χ3v) is 4.65. The first-order valence-electron chi connectivity index (χ1n) is 8.47. The lowest BCUT2D eigenvalue weighted by Crippen LogP contribution is -2.46. The van der Waals surface area contributed by atoms with Gasteiger partial charge >= 0.3 is 0 Å². The van der Waals surface area contributed by atoms with Crippen molar-refractivity contribution >= 4 is 0 Å². The van der Waals surface area contributed by atoms with E-state index in [-0.39, 0.29) is 6.04 Å². The van der Waals surface area contributed by atoms with Crippen LogP contribution >= 0.6 is 0 Å². The molecule has 1 aliphatic rings. The molecule has 1 aromatic heterocycles. The minimum absolute atomic E-state index is 0.182. The van der Waals surface area contributed by atoms with E-state index in [1.54, 1.807) is 16.9 Å². The first-order chi connectivity index (χ1) is 11.9. The molecule has 132 valence electrons. The number of likely N-dealkylation sites (tertiary alicyclic amines) is 1. The molecule has 0 saturated carbocycles. The van der Waals surface area contributed by atoms with Crippen LogP contribution in [-0.4, -0.2) is 38.1 Å². The van der Waals surface area contributed by atoms with Gasteiger partial charge in [0.05, 0.1) is 17.8 Å². The van der Waals surface area contributed by atoms with Gasteiger partial charge < -0.3 is 5.11 Å². The molecule has 6 nitrogen and oxygen atoms in total.